The minimum atomic E-state index is -6.42. The van der Waals surface area contributed by atoms with E-state index in [1.54, 1.807) is 0 Å². The first kappa shape index (κ1) is 33.3. The van der Waals surface area contributed by atoms with Gasteiger partial charge in [0.2, 0.25) is 0 Å². The fourth-order valence-corrected chi connectivity index (χ4v) is 4.66. The van der Waals surface area contributed by atoms with Gasteiger partial charge in [-0.15, -0.1) is 0 Å². The molecule has 0 fully saturated rings. The summed E-state index contributed by atoms with van der Waals surface area (Å²) >= 11 is 0. The Morgan fingerprint density at radius 2 is 0.756 bits per heavy atom. The summed E-state index contributed by atoms with van der Waals surface area (Å²) in [4.78, 5) is 0. The van der Waals surface area contributed by atoms with Gasteiger partial charge in [0.25, 0.3) is 0 Å². The van der Waals surface area contributed by atoms with Crippen molar-refractivity contribution in [3.8, 4) is 11.5 Å². The Bertz CT molecular complexity index is 1570. The van der Waals surface area contributed by atoms with Gasteiger partial charge >= 0.3 is 35.5 Å². The SMILES string of the molecule is Nc1cccc(C(F)(F)C(F)(c2ccccc2Oc2ccccc2C(F)(C(F)(F)F)C(F)(F)c2cccc(N)c2)C(F)(F)F)c1. The normalized spacial score (nSPS) is 15.6. The molecule has 3 nitrogen and oxygen atoms in total. The molecule has 0 aliphatic heterocycles. The van der Waals surface area contributed by atoms with E-state index in [1.165, 1.54) is 0 Å². The lowest BCUT2D eigenvalue weighted by Gasteiger charge is -2.37. The summed E-state index contributed by atoms with van der Waals surface area (Å²) in [6.07, 6.45) is -12.8. The van der Waals surface area contributed by atoms with E-state index >= 15 is 26.3 Å². The van der Waals surface area contributed by atoms with Crippen LogP contribution in [-0.4, -0.2) is 12.4 Å². The summed E-state index contributed by atoms with van der Waals surface area (Å²) in [5.41, 5.74) is -8.36. The molecule has 0 saturated carbocycles. The number of halogens is 12. The Kier molecular flexibility index (Phi) is 8.23. The van der Waals surface area contributed by atoms with Gasteiger partial charge in [0.1, 0.15) is 11.5 Å². The van der Waals surface area contributed by atoms with E-state index in [0.29, 0.717) is 48.5 Å². The third kappa shape index (κ3) is 5.37. The molecular formula is C30H20F12N2O. The second-order valence-electron chi connectivity index (χ2n) is 9.81. The lowest BCUT2D eigenvalue weighted by atomic mass is 9.83. The number of hydrogen-bond donors (Lipinski definition) is 2. The Morgan fingerprint density at radius 3 is 1.07 bits per heavy atom. The summed E-state index contributed by atoms with van der Waals surface area (Å²) in [6, 6.07) is 9.76. The van der Waals surface area contributed by atoms with Crippen molar-refractivity contribution >= 4 is 11.4 Å². The molecule has 2 atom stereocenters. The zero-order valence-corrected chi connectivity index (χ0v) is 22.3. The minimum Gasteiger partial charge on any atom is -0.457 e. The molecule has 0 aromatic heterocycles. The van der Waals surface area contributed by atoms with E-state index in [4.69, 9.17) is 16.2 Å². The molecule has 0 aliphatic rings. The van der Waals surface area contributed by atoms with Gasteiger partial charge in [-0.1, -0.05) is 60.7 Å². The number of benzene rings is 4. The number of hydrogen-bond acceptors (Lipinski definition) is 3. The van der Waals surface area contributed by atoms with E-state index in [1.807, 2.05) is 0 Å². The maximum absolute atomic E-state index is 16.2. The molecule has 4 rings (SSSR count). The smallest absolute Gasteiger partial charge is 0.433 e. The lowest BCUT2D eigenvalue weighted by molar-refractivity contribution is -0.315. The zero-order valence-electron chi connectivity index (χ0n) is 22.3. The number of rotatable bonds is 8. The van der Waals surface area contributed by atoms with Gasteiger partial charge in [0.05, 0.1) is 0 Å². The molecular weight excluding hydrogens is 632 g/mol. The zero-order chi connectivity index (χ0) is 33.6. The van der Waals surface area contributed by atoms with Gasteiger partial charge in [-0.05, 0) is 36.4 Å². The van der Waals surface area contributed by atoms with Crippen molar-refractivity contribution in [2.75, 3.05) is 11.5 Å². The Labute approximate surface area is 247 Å². The van der Waals surface area contributed by atoms with Crippen LogP contribution in [0.15, 0.2) is 97.1 Å². The number of anilines is 2. The van der Waals surface area contributed by atoms with Gasteiger partial charge in [-0.3, -0.25) is 0 Å². The average molecular weight is 652 g/mol. The van der Waals surface area contributed by atoms with E-state index in [9.17, 15) is 26.3 Å². The van der Waals surface area contributed by atoms with Crippen molar-refractivity contribution in [1.82, 2.24) is 0 Å². The number of nitrogen functional groups attached to an aromatic ring is 2. The van der Waals surface area contributed by atoms with Crippen LogP contribution in [0.25, 0.3) is 0 Å². The first-order valence-electron chi connectivity index (χ1n) is 12.6. The maximum Gasteiger partial charge on any atom is 0.433 e. The molecule has 240 valence electrons. The highest BCUT2D eigenvalue weighted by Gasteiger charge is 2.75. The largest absolute Gasteiger partial charge is 0.457 e. The molecule has 15 heteroatoms. The van der Waals surface area contributed by atoms with Crippen molar-refractivity contribution in [1.29, 1.82) is 0 Å². The van der Waals surface area contributed by atoms with Gasteiger partial charge < -0.3 is 16.2 Å². The first-order valence-corrected chi connectivity index (χ1v) is 12.6. The highest BCUT2D eigenvalue weighted by Crippen LogP contribution is 2.61. The molecule has 0 aliphatic carbocycles. The summed E-state index contributed by atoms with van der Waals surface area (Å²) in [5, 5.41) is 0. The highest BCUT2D eigenvalue weighted by atomic mass is 19.4. The molecule has 45 heavy (non-hydrogen) atoms. The topological polar surface area (TPSA) is 61.3 Å². The van der Waals surface area contributed by atoms with Gasteiger partial charge in [-0.25, -0.2) is 8.78 Å². The van der Waals surface area contributed by atoms with Crippen molar-refractivity contribution in [2.24, 2.45) is 0 Å². The first-order chi connectivity index (χ1) is 20.7. The molecule has 0 heterocycles. The summed E-state index contributed by atoms with van der Waals surface area (Å²) in [5.74, 6) is -13.9. The Balaban J connectivity index is 1.95. The van der Waals surface area contributed by atoms with Crippen molar-refractivity contribution in [3.63, 3.8) is 0 Å². The summed E-state index contributed by atoms with van der Waals surface area (Å²) < 4.78 is 186. The van der Waals surface area contributed by atoms with Crippen molar-refractivity contribution in [2.45, 2.75) is 35.5 Å². The van der Waals surface area contributed by atoms with E-state index < -0.39 is 80.7 Å². The molecule has 0 bridgehead atoms. The molecule has 0 spiro atoms. The van der Waals surface area contributed by atoms with E-state index in [-0.39, 0.29) is 12.1 Å². The number of alkyl halides is 12. The van der Waals surface area contributed by atoms with Crippen LogP contribution in [0.3, 0.4) is 0 Å². The molecule has 2 unspecified atom stereocenters. The third-order valence-electron chi connectivity index (χ3n) is 6.88. The van der Waals surface area contributed by atoms with Crippen LogP contribution >= 0.6 is 0 Å². The molecule has 4 aromatic carbocycles. The second-order valence-corrected chi connectivity index (χ2v) is 9.81. The monoisotopic (exact) mass is 652 g/mol. The highest BCUT2D eigenvalue weighted by molar-refractivity contribution is 5.51. The van der Waals surface area contributed by atoms with Gasteiger partial charge in [0, 0.05) is 33.6 Å². The summed E-state index contributed by atoms with van der Waals surface area (Å²) in [7, 11) is 0. The van der Waals surface area contributed by atoms with Crippen LogP contribution in [0.5, 0.6) is 11.5 Å². The van der Waals surface area contributed by atoms with Crippen LogP contribution in [-0.2, 0) is 23.2 Å². The standard InChI is InChI=1S/C30H20F12N2O/c31-25(29(37,38)39,27(33,34)17-7-5-9-19(43)15-17)21-11-1-3-13-23(21)45-24-14-4-2-12-22(24)26(32,30(40,41)42)28(35,36)18-8-6-10-20(44)16-18/h1-16H,43-44H2. The average Bonchev–Trinajstić information content (AvgIpc) is 2.95. The van der Waals surface area contributed by atoms with Gasteiger partial charge in [0.15, 0.2) is 0 Å². The van der Waals surface area contributed by atoms with Crippen LogP contribution < -0.4 is 16.2 Å². The van der Waals surface area contributed by atoms with Crippen LogP contribution in [0, 0.1) is 0 Å². The lowest BCUT2D eigenvalue weighted by Crippen LogP contribution is -2.51. The molecule has 0 saturated heterocycles. The number of ether oxygens (including phenoxy) is 1. The van der Waals surface area contributed by atoms with Gasteiger partial charge in [-0.2, -0.15) is 43.9 Å². The van der Waals surface area contributed by atoms with Crippen LogP contribution in [0.4, 0.5) is 64.1 Å². The van der Waals surface area contributed by atoms with E-state index in [2.05, 4.69) is 0 Å². The minimum absolute atomic E-state index is 0.208. The molecule has 0 radical (unpaired) electrons. The predicted molar refractivity (Wildman–Crippen MR) is 140 cm³/mol. The Morgan fingerprint density at radius 1 is 0.422 bits per heavy atom. The summed E-state index contributed by atoms with van der Waals surface area (Å²) in [6.45, 7) is 0. The van der Waals surface area contributed by atoms with Crippen LogP contribution in [0.1, 0.15) is 22.3 Å². The molecule has 0 amide bonds. The molecule has 4 aromatic rings. The third-order valence-corrected chi connectivity index (χ3v) is 6.88. The second kappa shape index (κ2) is 11.1. The Hall–Kier alpha value is -4.56. The predicted octanol–water partition coefficient (Wildman–Crippen LogP) is 9.68. The fraction of sp³-hybridized carbons (Fsp3) is 0.200. The van der Waals surface area contributed by atoms with Crippen molar-refractivity contribution in [3.05, 3.63) is 119 Å². The van der Waals surface area contributed by atoms with Crippen LogP contribution in [0.2, 0.25) is 0 Å². The molecule has 4 N–H and O–H groups in total. The fourth-order valence-electron chi connectivity index (χ4n) is 4.66. The van der Waals surface area contributed by atoms with E-state index in [0.717, 1.165) is 36.4 Å². The van der Waals surface area contributed by atoms with Crippen molar-refractivity contribution < 1.29 is 57.4 Å². The maximum atomic E-state index is 16.2. The number of para-hydroxylation sites is 2. The quantitative estimate of drug-likeness (QED) is 0.147. The number of nitrogens with two attached hydrogens (primary N) is 2.